The lowest BCUT2D eigenvalue weighted by Gasteiger charge is -2.11. The molecule has 27 heavy (non-hydrogen) atoms. The molecule has 1 aromatic carbocycles. The molecular formula is C19H17N3O4S. The van der Waals surface area contributed by atoms with E-state index in [1.807, 2.05) is 19.1 Å². The van der Waals surface area contributed by atoms with Crippen molar-refractivity contribution in [3.63, 3.8) is 0 Å². The third kappa shape index (κ3) is 3.84. The summed E-state index contributed by atoms with van der Waals surface area (Å²) in [6, 6.07) is 11.1. The number of aromatic nitrogens is 2. The number of hydrogen-bond acceptors (Lipinski definition) is 7. The van der Waals surface area contributed by atoms with Crippen molar-refractivity contribution in [2.24, 2.45) is 0 Å². The minimum atomic E-state index is -0.513. The van der Waals surface area contributed by atoms with Gasteiger partial charge in [0.15, 0.2) is 6.79 Å². The Hall–Kier alpha value is -3.15. The van der Waals surface area contributed by atoms with Gasteiger partial charge in [-0.3, -0.25) is 0 Å². The number of esters is 1. The van der Waals surface area contributed by atoms with Crippen LogP contribution in [-0.2, 0) is 9.47 Å². The number of carbonyl (C=O) groups is 1. The molecule has 0 atom stereocenters. The Labute approximate surface area is 160 Å². The molecule has 0 saturated heterocycles. The van der Waals surface area contributed by atoms with Gasteiger partial charge in [-0.05, 0) is 31.2 Å². The first-order valence-electron chi connectivity index (χ1n) is 7.98. The maximum Gasteiger partial charge on any atom is 0.341 e. The summed E-state index contributed by atoms with van der Waals surface area (Å²) < 4.78 is 16.8. The van der Waals surface area contributed by atoms with E-state index in [0.717, 1.165) is 9.75 Å². The van der Waals surface area contributed by atoms with Crippen LogP contribution in [0.1, 0.15) is 20.8 Å². The van der Waals surface area contributed by atoms with Crippen molar-refractivity contribution >= 4 is 17.3 Å². The van der Waals surface area contributed by atoms with Crippen LogP contribution in [0.3, 0.4) is 0 Å². The first-order chi connectivity index (χ1) is 13.1. The highest BCUT2D eigenvalue weighted by atomic mass is 32.1. The van der Waals surface area contributed by atoms with Crippen LogP contribution in [0.15, 0.2) is 36.5 Å². The maximum absolute atomic E-state index is 11.9. The second-order valence-electron chi connectivity index (χ2n) is 5.58. The molecule has 0 saturated carbocycles. The molecule has 0 amide bonds. The zero-order chi connectivity index (χ0) is 19.4. The maximum atomic E-state index is 11.9. The second kappa shape index (κ2) is 8.03. The fourth-order valence-corrected chi connectivity index (χ4v) is 3.37. The summed E-state index contributed by atoms with van der Waals surface area (Å²) in [4.78, 5) is 14.0. The van der Waals surface area contributed by atoms with Crippen molar-refractivity contribution in [3.8, 4) is 28.1 Å². The summed E-state index contributed by atoms with van der Waals surface area (Å²) in [6.07, 6.45) is 1.65. The standard InChI is InChI=1S/C19H17N3O4S/c1-12-4-7-17(27-12)18-13(9-20)10-22(21-18)14-5-6-15(19(23)25-3)16(8-14)26-11-24-2/h4-8,10H,11H2,1-3H3. The largest absolute Gasteiger partial charge is 0.467 e. The normalized spacial score (nSPS) is 10.4. The van der Waals surface area contributed by atoms with Gasteiger partial charge < -0.3 is 14.2 Å². The van der Waals surface area contributed by atoms with Crippen molar-refractivity contribution in [1.29, 1.82) is 5.26 Å². The molecule has 0 aliphatic rings. The fraction of sp³-hybridized carbons (Fsp3) is 0.211. The van der Waals surface area contributed by atoms with Gasteiger partial charge in [0.05, 0.1) is 23.2 Å². The average Bonchev–Trinajstić information content (AvgIpc) is 3.31. The van der Waals surface area contributed by atoms with Crippen LogP contribution < -0.4 is 4.74 Å². The molecule has 0 unspecified atom stereocenters. The van der Waals surface area contributed by atoms with Crippen LogP contribution in [-0.4, -0.2) is 36.8 Å². The number of rotatable bonds is 6. The van der Waals surface area contributed by atoms with E-state index >= 15 is 0 Å². The second-order valence-corrected chi connectivity index (χ2v) is 6.87. The molecule has 2 aromatic heterocycles. The van der Waals surface area contributed by atoms with Gasteiger partial charge in [0.1, 0.15) is 23.1 Å². The van der Waals surface area contributed by atoms with Crippen LogP contribution in [0.5, 0.6) is 5.75 Å². The topological polar surface area (TPSA) is 86.4 Å². The molecule has 7 nitrogen and oxygen atoms in total. The highest BCUT2D eigenvalue weighted by molar-refractivity contribution is 7.15. The van der Waals surface area contributed by atoms with Gasteiger partial charge in [0.2, 0.25) is 0 Å². The minimum absolute atomic E-state index is 0.0181. The molecule has 0 aliphatic heterocycles. The zero-order valence-electron chi connectivity index (χ0n) is 15.1. The number of nitrogens with zero attached hydrogens (tertiary/aromatic N) is 3. The lowest BCUT2D eigenvalue weighted by Crippen LogP contribution is -2.08. The molecule has 0 N–H and O–H groups in total. The Morgan fingerprint density at radius 2 is 2.11 bits per heavy atom. The first-order valence-corrected chi connectivity index (χ1v) is 8.80. The predicted octanol–water partition coefficient (Wildman–Crippen LogP) is 3.55. The number of ether oxygens (including phenoxy) is 3. The Balaban J connectivity index is 2.04. The van der Waals surface area contributed by atoms with Crippen molar-refractivity contribution < 1.29 is 19.0 Å². The monoisotopic (exact) mass is 383 g/mol. The van der Waals surface area contributed by atoms with Gasteiger partial charge in [-0.2, -0.15) is 10.4 Å². The highest BCUT2D eigenvalue weighted by Gasteiger charge is 2.17. The van der Waals surface area contributed by atoms with E-state index in [0.29, 0.717) is 22.7 Å². The minimum Gasteiger partial charge on any atom is -0.467 e. The van der Waals surface area contributed by atoms with Crippen molar-refractivity contribution in [2.75, 3.05) is 21.0 Å². The molecule has 3 rings (SSSR count). The molecule has 0 spiro atoms. The van der Waals surface area contributed by atoms with E-state index in [4.69, 9.17) is 14.2 Å². The summed E-state index contributed by atoms with van der Waals surface area (Å²) in [5, 5.41) is 14.0. The number of methoxy groups -OCH3 is 2. The van der Waals surface area contributed by atoms with Crippen LogP contribution in [0.4, 0.5) is 0 Å². The van der Waals surface area contributed by atoms with Crippen LogP contribution in [0.2, 0.25) is 0 Å². The molecule has 0 bridgehead atoms. The molecule has 0 fully saturated rings. The molecule has 0 aliphatic carbocycles. The van der Waals surface area contributed by atoms with Gasteiger partial charge in [-0.15, -0.1) is 11.3 Å². The van der Waals surface area contributed by atoms with E-state index in [9.17, 15) is 10.1 Å². The number of carbonyl (C=O) groups excluding carboxylic acids is 1. The quantitative estimate of drug-likeness (QED) is 0.478. The van der Waals surface area contributed by atoms with E-state index in [1.165, 1.54) is 14.2 Å². The first kappa shape index (κ1) is 18.6. The third-order valence-electron chi connectivity index (χ3n) is 3.78. The Kier molecular flexibility index (Phi) is 5.54. The number of aryl methyl sites for hydroxylation is 1. The van der Waals surface area contributed by atoms with Crippen molar-refractivity contribution in [3.05, 3.63) is 52.5 Å². The smallest absolute Gasteiger partial charge is 0.341 e. The molecule has 2 heterocycles. The highest BCUT2D eigenvalue weighted by Crippen LogP contribution is 2.30. The van der Waals surface area contributed by atoms with Gasteiger partial charge in [0.25, 0.3) is 0 Å². The van der Waals surface area contributed by atoms with Gasteiger partial charge in [-0.25, -0.2) is 9.48 Å². The third-order valence-corrected chi connectivity index (χ3v) is 4.78. The van der Waals surface area contributed by atoms with E-state index in [2.05, 4.69) is 11.2 Å². The van der Waals surface area contributed by atoms with Crippen LogP contribution in [0, 0.1) is 18.3 Å². The SMILES string of the molecule is COCOc1cc(-n2cc(C#N)c(-c3ccc(C)s3)n2)ccc1C(=O)OC. The Morgan fingerprint density at radius 1 is 1.30 bits per heavy atom. The summed E-state index contributed by atoms with van der Waals surface area (Å²) >= 11 is 1.57. The molecule has 138 valence electrons. The van der Waals surface area contributed by atoms with Crippen molar-refractivity contribution in [2.45, 2.75) is 6.92 Å². The molecule has 3 aromatic rings. The van der Waals surface area contributed by atoms with E-state index in [1.54, 1.807) is 40.4 Å². The molecule has 0 radical (unpaired) electrons. The zero-order valence-corrected chi connectivity index (χ0v) is 15.9. The van der Waals surface area contributed by atoms with E-state index in [-0.39, 0.29) is 12.4 Å². The van der Waals surface area contributed by atoms with Gasteiger partial charge >= 0.3 is 5.97 Å². The van der Waals surface area contributed by atoms with Gasteiger partial charge in [-0.1, -0.05) is 0 Å². The lowest BCUT2D eigenvalue weighted by atomic mass is 10.2. The Morgan fingerprint density at radius 3 is 2.74 bits per heavy atom. The summed E-state index contributed by atoms with van der Waals surface area (Å²) in [5.74, 6) is -0.204. The number of thiophene rings is 1. The fourth-order valence-electron chi connectivity index (χ4n) is 2.51. The molecule has 8 heteroatoms. The van der Waals surface area contributed by atoms with Gasteiger partial charge in [0, 0.05) is 24.3 Å². The summed E-state index contributed by atoms with van der Waals surface area (Å²) in [5.41, 5.74) is 2.00. The predicted molar refractivity (Wildman–Crippen MR) is 100 cm³/mol. The van der Waals surface area contributed by atoms with Crippen LogP contribution >= 0.6 is 11.3 Å². The van der Waals surface area contributed by atoms with E-state index < -0.39 is 5.97 Å². The summed E-state index contributed by atoms with van der Waals surface area (Å²) in [6.45, 7) is 1.98. The number of nitriles is 1. The lowest BCUT2D eigenvalue weighted by molar-refractivity contribution is 0.0465. The Bertz CT molecular complexity index is 1020. The average molecular weight is 383 g/mol. The molecular weight excluding hydrogens is 366 g/mol. The van der Waals surface area contributed by atoms with Crippen LogP contribution in [0.25, 0.3) is 16.3 Å². The summed E-state index contributed by atoms with van der Waals surface area (Å²) in [7, 11) is 2.79. The number of hydrogen-bond donors (Lipinski definition) is 0. The number of benzene rings is 1. The van der Waals surface area contributed by atoms with Crippen molar-refractivity contribution in [1.82, 2.24) is 9.78 Å².